The number of rotatable bonds is 1. The number of hydrogen-bond acceptors (Lipinski definition) is 0. The Morgan fingerprint density at radius 1 is 1.40 bits per heavy atom. The zero-order valence-corrected chi connectivity index (χ0v) is 5.84. The first-order valence-electron chi connectivity index (χ1n) is 3.16. The van der Waals surface area contributed by atoms with E-state index < -0.39 is 0 Å². The van der Waals surface area contributed by atoms with E-state index in [1.54, 1.807) is 0 Å². The van der Waals surface area contributed by atoms with Crippen LogP contribution in [0.2, 0.25) is 0 Å². The van der Waals surface area contributed by atoms with Crippen molar-refractivity contribution in [1.29, 1.82) is 0 Å². The summed E-state index contributed by atoms with van der Waals surface area (Å²) < 4.78 is 11.6. The van der Waals surface area contributed by atoms with Gasteiger partial charge in [-0.25, -0.2) is 4.39 Å². The summed E-state index contributed by atoms with van der Waals surface area (Å²) in [6.07, 6.45) is 1.99. The van der Waals surface area contributed by atoms with E-state index in [-0.39, 0.29) is 0 Å². The molecule has 0 N–H and O–H groups in total. The Bertz CT molecular complexity index is 238. The molecule has 0 aliphatic rings. The Morgan fingerprint density at radius 2 is 2.20 bits per heavy atom. The van der Waals surface area contributed by atoms with Crippen LogP contribution in [0.4, 0.5) is 4.39 Å². The lowest BCUT2D eigenvalue weighted by Gasteiger charge is -1.92. The maximum atomic E-state index is 11.6. The van der Waals surface area contributed by atoms with Crippen molar-refractivity contribution in [2.45, 2.75) is 6.92 Å². The molecule has 0 saturated heterocycles. The Labute approximate surface area is 60.0 Å². The monoisotopic (exact) mass is 136 g/mol. The summed E-state index contributed by atoms with van der Waals surface area (Å²) in [5.74, 6) is 0. The number of aryl methyl sites for hydroxylation is 1. The molecule has 1 rings (SSSR count). The largest absolute Gasteiger partial charge is 0.216 e. The van der Waals surface area contributed by atoms with E-state index in [4.69, 9.17) is 0 Å². The molecule has 1 aromatic carbocycles. The molecule has 0 amide bonds. The van der Waals surface area contributed by atoms with Crippen LogP contribution in [0.3, 0.4) is 0 Å². The molecule has 0 spiro atoms. The third-order valence-corrected chi connectivity index (χ3v) is 1.30. The van der Waals surface area contributed by atoms with Gasteiger partial charge in [0.25, 0.3) is 0 Å². The highest BCUT2D eigenvalue weighted by atomic mass is 19.1. The van der Waals surface area contributed by atoms with E-state index >= 15 is 0 Å². The van der Waals surface area contributed by atoms with Gasteiger partial charge in [0.05, 0.1) is 6.33 Å². The smallest absolute Gasteiger partial charge is 0.0872 e. The van der Waals surface area contributed by atoms with Crippen LogP contribution >= 0.6 is 0 Å². The van der Waals surface area contributed by atoms with E-state index in [1.807, 2.05) is 31.2 Å². The molecule has 10 heavy (non-hydrogen) atoms. The number of benzene rings is 1. The molecular formula is C9H9F. The maximum Gasteiger partial charge on any atom is 0.0872 e. The van der Waals surface area contributed by atoms with Gasteiger partial charge in [-0.2, -0.15) is 0 Å². The van der Waals surface area contributed by atoms with Gasteiger partial charge in [0.2, 0.25) is 0 Å². The maximum absolute atomic E-state index is 11.6. The van der Waals surface area contributed by atoms with E-state index in [1.165, 1.54) is 6.08 Å². The summed E-state index contributed by atoms with van der Waals surface area (Å²) in [4.78, 5) is 0. The van der Waals surface area contributed by atoms with Crippen LogP contribution in [0.25, 0.3) is 6.08 Å². The fourth-order valence-electron chi connectivity index (χ4n) is 0.847. The lowest BCUT2D eigenvalue weighted by molar-refractivity contribution is 0.727. The van der Waals surface area contributed by atoms with Crippen LogP contribution in [0.5, 0.6) is 0 Å². The predicted molar refractivity (Wildman–Crippen MR) is 41.3 cm³/mol. The second kappa shape index (κ2) is 3.16. The molecule has 0 fully saturated rings. The van der Waals surface area contributed by atoms with Crippen LogP contribution in [0, 0.1) is 6.92 Å². The van der Waals surface area contributed by atoms with Gasteiger partial charge in [-0.15, -0.1) is 0 Å². The molecule has 0 aliphatic carbocycles. The van der Waals surface area contributed by atoms with Crippen LogP contribution in [0.15, 0.2) is 30.6 Å². The number of halogens is 1. The van der Waals surface area contributed by atoms with Crippen molar-refractivity contribution in [1.82, 2.24) is 0 Å². The molecule has 0 nitrogen and oxygen atoms in total. The standard InChI is InChI=1S/C9H9F/c1-8-3-2-4-9(7-8)5-6-10/h2-7H,1H3/b6-5+. The molecule has 1 heteroatoms. The summed E-state index contributed by atoms with van der Waals surface area (Å²) >= 11 is 0. The summed E-state index contributed by atoms with van der Waals surface area (Å²) in [7, 11) is 0. The summed E-state index contributed by atoms with van der Waals surface area (Å²) in [6, 6.07) is 7.68. The second-order valence-corrected chi connectivity index (χ2v) is 2.21. The Balaban J connectivity index is 2.95. The van der Waals surface area contributed by atoms with Gasteiger partial charge in [-0.1, -0.05) is 29.8 Å². The molecule has 0 bridgehead atoms. The summed E-state index contributed by atoms with van der Waals surface area (Å²) in [5.41, 5.74) is 2.05. The predicted octanol–water partition coefficient (Wildman–Crippen LogP) is 2.94. The number of hydrogen-bond donors (Lipinski definition) is 0. The van der Waals surface area contributed by atoms with Crippen molar-refractivity contribution >= 4 is 6.08 Å². The molecule has 0 radical (unpaired) electrons. The average molecular weight is 136 g/mol. The van der Waals surface area contributed by atoms with Gasteiger partial charge in [-0.3, -0.25) is 0 Å². The van der Waals surface area contributed by atoms with Crippen molar-refractivity contribution in [3.8, 4) is 0 Å². The van der Waals surface area contributed by atoms with Crippen LogP contribution in [0.1, 0.15) is 11.1 Å². The zero-order valence-electron chi connectivity index (χ0n) is 5.84. The highest BCUT2D eigenvalue weighted by molar-refractivity contribution is 5.48. The lowest BCUT2D eigenvalue weighted by Crippen LogP contribution is -1.72. The summed E-state index contributed by atoms with van der Waals surface area (Å²) in [5, 5.41) is 0. The molecule has 1 aromatic rings. The first-order chi connectivity index (χ1) is 4.83. The van der Waals surface area contributed by atoms with Crippen molar-refractivity contribution in [2.24, 2.45) is 0 Å². The lowest BCUT2D eigenvalue weighted by atomic mass is 10.1. The Morgan fingerprint density at radius 3 is 2.80 bits per heavy atom. The van der Waals surface area contributed by atoms with Gasteiger partial charge in [0.15, 0.2) is 0 Å². The second-order valence-electron chi connectivity index (χ2n) is 2.21. The van der Waals surface area contributed by atoms with Crippen LogP contribution in [-0.4, -0.2) is 0 Å². The third kappa shape index (κ3) is 1.69. The van der Waals surface area contributed by atoms with Gasteiger partial charge in [0.1, 0.15) is 0 Å². The molecular weight excluding hydrogens is 127 g/mol. The topological polar surface area (TPSA) is 0 Å². The normalized spacial score (nSPS) is 10.6. The van der Waals surface area contributed by atoms with E-state index in [0.29, 0.717) is 6.33 Å². The minimum Gasteiger partial charge on any atom is -0.216 e. The molecule has 0 saturated carbocycles. The first-order valence-corrected chi connectivity index (χ1v) is 3.16. The third-order valence-electron chi connectivity index (χ3n) is 1.30. The molecule has 0 aliphatic heterocycles. The van der Waals surface area contributed by atoms with Crippen LogP contribution < -0.4 is 0 Å². The van der Waals surface area contributed by atoms with Gasteiger partial charge >= 0.3 is 0 Å². The quantitative estimate of drug-likeness (QED) is 0.556. The Hall–Kier alpha value is -1.11. The molecule has 0 aromatic heterocycles. The van der Waals surface area contributed by atoms with E-state index in [0.717, 1.165) is 11.1 Å². The highest BCUT2D eigenvalue weighted by Gasteiger charge is 1.85. The van der Waals surface area contributed by atoms with E-state index in [9.17, 15) is 4.39 Å². The fraction of sp³-hybridized carbons (Fsp3) is 0.111. The minimum absolute atomic E-state index is 0.550. The van der Waals surface area contributed by atoms with Crippen molar-refractivity contribution < 1.29 is 4.39 Å². The average Bonchev–Trinajstić information content (AvgIpc) is 1.88. The zero-order chi connectivity index (χ0) is 7.40. The summed E-state index contributed by atoms with van der Waals surface area (Å²) in [6.45, 7) is 1.98. The van der Waals surface area contributed by atoms with E-state index in [2.05, 4.69) is 0 Å². The first kappa shape index (κ1) is 7.00. The fourth-order valence-corrected chi connectivity index (χ4v) is 0.847. The molecule has 0 unspecified atom stereocenters. The van der Waals surface area contributed by atoms with Crippen LogP contribution in [-0.2, 0) is 0 Å². The highest BCUT2D eigenvalue weighted by Crippen LogP contribution is 2.05. The van der Waals surface area contributed by atoms with Crippen molar-refractivity contribution in [3.05, 3.63) is 41.7 Å². The minimum atomic E-state index is 0.550. The molecule has 52 valence electrons. The molecule has 0 atom stereocenters. The van der Waals surface area contributed by atoms with Gasteiger partial charge in [-0.05, 0) is 18.6 Å². The molecule has 0 heterocycles. The Kier molecular flexibility index (Phi) is 2.21. The SMILES string of the molecule is Cc1cccc(/C=C/F)c1. The van der Waals surface area contributed by atoms with Gasteiger partial charge in [0, 0.05) is 0 Å². The van der Waals surface area contributed by atoms with Crippen molar-refractivity contribution in [2.75, 3.05) is 0 Å². The van der Waals surface area contributed by atoms with Crippen molar-refractivity contribution in [3.63, 3.8) is 0 Å². The van der Waals surface area contributed by atoms with Gasteiger partial charge < -0.3 is 0 Å².